The van der Waals surface area contributed by atoms with Gasteiger partial charge in [-0.1, -0.05) is 0 Å². The molecule has 0 radical (unpaired) electrons. The molecule has 0 aromatic carbocycles. The number of aliphatic hydroxyl groups excluding tert-OH is 1. The van der Waals surface area contributed by atoms with Gasteiger partial charge in [-0.3, -0.25) is 9.36 Å². The predicted molar refractivity (Wildman–Crippen MR) is 98.0 cm³/mol. The molecule has 2 aromatic heterocycles. The molecule has 148 valence electrons. The highest BCUT2D eigenvalue weighted by Gasteiger charge is 2.45. The molecule has 5 atom stereocenters. The Morgan fingerprint density at radius 3 is 2.96 bits per heavy atom. The third-order valence-electron chi connectivity index (χ3n) is 4.42. The lowest BCUT2D eigenvalue weighted by Crippen LogP contribution is -2.34. The number of carboxylic acid groups (broad SMARTS) is 1. The van der Waals surface area contributed by atoms with E-state index in [9.17, 15) is 9.90 Å². The lowest BCUT2D eigenvalue weighted by molar-refractivity contribution is -0.138. The van der Waals surface area contributed by atoms with Gasteiger partial charge in [0.1, 0.15) is 30.1 Å². The van der Waals surface area contributed by atoms with E-state index < -0.39 is 36.6 Å². The molecule has 6 N–H and O–H groups in total. The molecule has 0 amide bonds. The first kappa shape index (κ1) is 19.8. The number of anilines is 1. The first-order valence-electron chi connectivity index (χ1n) is 8.29. The van der Waals surface area contributed by atoms with Crippen LogP contribution in [0.3, 0.4) is 0 Å². The standard InChI is InChI=1S/C15H22N6O5S/c1-25-11-10(22)8(4-27-3-2-7(16)15(23)24)26-14(11)21-6-20-9-12(17)18-5-19-13(9)21/h5-8,10-11,14,22H,2-4,16H2,1H3,(H,23,24)(H2,17,18,19)/t7?,8-,10-,11-,14-/m1/s1. The maximum Gasteiger partial charge on any atom is 0.320 e. The number of aliphatic hydroxyl groups is 1. The number of aliphatic carboxylic acids is 1. The molecule has 1 unspecified atom stereocenters. The van der Waals surface area contributed by atoms with E-state index in [1.165, 1.54) is 31.5 Å². The van der Waals surface area contributed by atoms with E-state index in [4.69, 9.17) is 26.0 Å². The predicted octanol–water partition coefficient (Wildman–Crippen LogP) is -0.783. The minimum atomic E-state index is -1.03. The molecular formula is C15H22N6O5S. The molecule has 3 rings (SSSR count). The second kappa shape index (κ2) is 8.35. The van der Waals surface area contributed by atoms with E-state index in [2.05, 4.69) is 15.0 Å². The largest absolute Gasteiger partial charge is 0.480 e. The molecule has 0 spiro atoms. The summed E-state index contributed by atoms with van der Waals surface area (Å²) in [5.74, 6) is 0.238. The van der Waals surface area contributed by atoms with Crippen molar-refractivity contribution in [3.8, 4) is 0 Å². The number of nitrogen functional groups attached to an aromatic ring is 1. The summed E-state index contributed by atoms with van der Waals surface area (Å²) in [6.45, 7) is 0. The van der Waals surface area contributed by atoms with Gasteiger partial charge < -0.3 is 31.2 Å². The SMILES string of the molecule is CO[C@@H]1[C@H](O)[C@@H](CSCCC(N)C(=O)O)O[C@H]1n1cnc2c(N)ncnc21. The second-order valence-electron chi connectivity index (χ2n) is 6.15. The number of hydrogen-bond acceptors (Lipinski definition) is 10. The maximum absolute atomic E-state index is 10.7. The van der Waals surface area contributed by atoms with Crippen LogP contribution in [0.5, 0.6) is 0 Å². The molecule has 12 heteroatoms. The van der Waals surface area contributed by atoms with Crippen molar-refractivity contribution in [2.75, 3.05) is 24.3 Å². The number of aromatic nitrogens is 4. The van der Waals surface area contributed by atoms with Crippen LogP contribution < -0.4 is 11.5 Å². The quantitative estimate of drug-likeness (QED) is 0.411. The average molecular weight is 398 g/mol. The molecule has 2 aromatic rings. The van der Waals surface area contributed by atoms with Gasteiger partial charge in [-0.05, 0) is 12.2 Å². The first-order valence-corrected chi connectivity index (χ1v) is 9.45. The molecule has 1 aliphatic heterocycles. The molecule has 11 nitrogen and oxygen atoms in total. The van der Waals surface area contributed by atoms with Gasteiger partial charge in [0.2, 0.25) is 0 Å². The van der Waals surface area contributed by atoms with E-state index in [1.807, 2.05) is 0 Å². The van der Waals surface area contributed by atoms with E-state index in [1.54, 1.807) is 4.57 Å². The molecule has 0 bridgehead atoms. The minimum absolute atomic E-state index is 0.258. The Labute approximate surface area is 159 Å². The van der Waals surface area contributed by atoms with Gasteiger partial charge in [0.05, 0.1) is 12.4 Å². The third kappa shape index (κ3) is 3.99. The van der Waals surface area contributed by atoms with Crippen molar-refractivity contribution in [1.82, 2.24) is 19.5 Å². The van der Waals surface area contributed by atoms with Crippen LogP contribution in [0.25, 0.3) is 11.2 Å². The van der Waals surface area contributed by atoms with Crippen LogP contribution in [0.1, 0.15) is 12.6 Å². The molecule has 1 saturated heterocycles. The van der Waals surface area contributed by atoms with Gasteiger partial charge in [0.25, 0.3) is 0 Å². The molecule has 0 saturated carbocycles. The number of ether oxygens (including phenoxy) is 2. The number of carbonyl (C=O) groups is 1. The number of fused-ring (bicyclic) bond motifs is 1. The van der Waals surface area contributed by atoms with Crippen molar-refractivity contribution in [3.63, 3.8) is 0 Å². The number of rotatable bonds is 8. The van der Waals surface area contributed by atoms with Crippen molar-refractivity contribution >= 4 is 34.7 Å². The Hall–Kier alpha value is -1.99. The summed E-state index contributed by atoms with van der Waals surface area (Å²) in [5.41, 5.74) is 12.2. The number of thioether (sulfide) groups is 1. The lowest BCUT2D eigenvalue weighted by atomic mass is 10.1. The molecular weight excluding hydrogens is 376 g/mol. The summed E-state index contributed by atoms with van der Waals surface area (Å²) < 4.78 is 13.1. The fraction of sp³-hybridized carbons (Fsp3) is 0.600. The summed E-state index contributed by atoms with van der Waals surface area (Å²) in [5, 5.41) is 19.4. The number of imidazole rings is 1. The van der Waals surface area contributed by atoms with Crippen LogP contribution in [0.2, 0.25) is 0 Å². The summed E-state index contributed by atoms with van der Waals surface area (Å²) in [7, 11) is 1.49. The second-order valence-corrected chi connectivity index (χ2v) is 7.30. The van der Waals surface area contributed by atoms with Crippen LogP contribution in [-0.2, 0) is 14.3 Å². The van der Waals surface area contributed by atoms with Gasteiger partial charge in [-0.2, -0.15) is 11.8 Å². The average Bonchev–Trinajstić information content (AvgIpc) is 3.20. The van der Waals surface area contributed by atoms with E-state index in [0.717, 1.165) is 0 Å². The van der Waals surface area contributed by atoms with Gasteiger partial charge in [-0.25, -0.2) is 15.0 Å². The number of methoxy groups -OCH3 is 1. The molecule has 1 fully saturated rings. The van der Waals surface area contributed by atoms with Crippen molar-refractivity contribution in [2.24, 2.45) is 5.73 Å². The highest BCUT2D eigenvalue weighted by atomic mass is 32.2. The van der Waals surface area contributed by atoms with Crippen LogP contribution in [0, 0.1) is 0 Å². The summed E-state index contributed by atoms with van der Waals surface area (Å²) in [6.07, 6.45) is 0.590. The zero-order chi connectivity index (χ0) is 19.6. The zero-order valence-electron chi connectivity index (χ0n) is 14.6. The van der Waals surface area contributed by atoms with Crippen LogP contribution in [0.4, 0.5) is 5.82 Å². The topological polar surface area (TPSA) is 172 Å². The van der Waals surface area contributed by atoms with E-state index in [-0.39, 0.29) is 5.82 Å². The summed E-state index contributed by atoms with van der Waals surface area (Å²) in [6, 6.07) is -0.895. The molecule has 27 heavy (non-hydrogen) atoms. The third-order valence-corrected chi connectivity index (χ3v) is 5.51. The fourth-order valence-electron chi connectivity index (χ4n) is 2.92. The van der Waals surface area contributed by atoms with Crippen molar-refractivity contribution < 1.29 is 24.5 Å². The Morgan fingerprint density at radius 2 is 2.26 bits per heavy atom. The Bertz CT molecular complexity index is 804. The maximum atomic E-state index is 10.7. The highest BCUT2D eigenvalue weighted by Crippen LogP contribution is 2.34. The smallest absolute Gasteiger partial charge is 0.320 e. The molecule has 3 heterocycles. The Kier molecular flexibility index (Phi) is 6.11. The number of nitrogens with zero attached hydrogens (tertiary/aromatic N) is 4. The number of nitrogens with two attached hydrogens (primary N) is 2. The van der Waals surface area contributed by atoms with E-state index in [0.29, 0.717) is 29.1 Å². The van der Waals surface area contributed by atoms with Crippen LogP contribution in [0.15, 0.2) is 12.7 Å². The van der Waals surface area contributed by atoms with Crippen molar-refractivity contribution in [1.29, 1.82) is 0 Å². The zero-order valence-corrected chi connectivity index (χ0v) is 15.5. The van der Waals surface area contributed by atoms with Crippen molar-refractivity contribution in [2.45, 2.75) is 37.0 Å². The van der Waals surface area contributed by atoms with Crippen molar-refractivity contribution in [3.05, 3.63) is 12.7 Å². The highest BCUT2D eigenvalue weighted by molar-refractivity contribution is 7.99. The normalized spacial score (nSPS) is 26.5. The van der Waals surface area contributed by atoms with E-state index >= 15 is 0 Å². The van der Waals surface area contributed by atoms with Gasteiger partial charge >= 0.3 is 5.97 Å². The summed E-state index contributed by atoms with van der Waals surface area (Å²) in [4.78, 5) is 23.1. The number of carboxylic acids is 1. The lowest BCUT2D eigenvalue weighted by Gasteiger charge is -2.19. The molecule has 1 aliphatic rings. The fourth-order valence-corrected chi connectivity index (χ4v) is 4.02. The van der Waals surface area contributed by atoms with Crippen LogP contribution >= 0.6 is 11.8 Å². The van der Waals surface area contributed by atoms with Gasteiger partial charge in [-0.15, -0.1) is 0 Å². The minimum Gasteiger partial charge on any atom is -0.480 e. The van der Waals surface area contributed by atoms with Gasteiger partial charge in [0, 0.05) is 12.9 Å². The Balaban J connectivity index is 1.68. The monoisotopic (exact) mass is 398 g/mol. The van der Waals surface area contributed by atoms with Crippen LogP contribution in [-0.4, -0.2) is 78.7 Å². The Morgan fingerprint density at radius 1 is 1.48 bits per heavy atom. The first-order chi connectivity index (χ1) is 12.9. The van der Waals surface area contributed by atoms with Gasteiger partial charge in [0.15, 0.2) is 17.7 Å². The summed E-state index contributed by atoms with van der Waals surface area (Å²) >= 11 is 1.46. The molecule has 0 aliphatic carbocycles. The number of hydrogen-bond donors (Lipinski definition) is 4.